The van der Waals surface area contributed by atoms with E-state index < -0.39 is 25.2 Å². The molecule has 100 valence electrons. The van der Waals surface area contributed by atoms with Gasteiger partial charge in [0.1, 0.15) is 6.67 Å². The van der Waals surface area contributed by atoms with Crippen LogP contribution in [0.5, 0.6) is 0 Å². The lowest BCUT2D eigenvalue weighted by molar-refractivity contribution is -0.0804. The molecule has 18 heavy (non-hydrogen) atoms. The van der Waals surface area contributed by atoms with Crippen LogP contribution in [0.1, 0.15) is 16.8 Å². The number of carbonyl (C=O) groups is 1. The Balaban J connectivity index is 2.41. The highest BCUT2D eigenvalue weighted by molar-refractivity contribution is 8.14. The summed E-state index contributed by atoms with van der Waals surface area (Å²) in [7, 11) is 0. The van der Waals surface area contributed by atoms with Crippen LogP contribution in [0.4, 0.5) is 17.6 Å². The van der Waals surface area contributed by atoms with Gasteiger partial charge in [0.15, 0.2) is 6.17 Å². The lowest BCUT2D eigenvalue weighted by Gasteiger charge is -2.17. The quantitative estimate of drug-likeness (QED) is 0.735. The predicted octanol–water partition coefficient (Wildman–Crippen LogP) is 3.89. The summed E-state index contributed by atoms with van der Waals surface area (Å²) in [4.78, 5) is 11.5. The average Bonchev–Trinajstić information content (AvgIpc) is 2.38. The summed E-state index contributed by atoms with van der Waals surface area (Å²) in [5.41, 5.74) is 0.396. The predicted molar refractivity (Wildman–Crippen MR) is 63.7 cm³/mol. The van der Waals surface area contributed by atoms with Gasteiger partial charge in [-0.1, -0.05) is 42.1 Å². The van der Waals surface area contributed by atoms with Crippen molar-refractivity contribution in [3.8, 4) is 0 Å². The van der Waals surface area contributed by atoms with Crippen LogP contribution in [0.2, 0.25) is 0 Å². The molecule has 0 radical (unpaired) electrons. The highest BCUT2D eigenvalue weighted by Crippen LogP contribution is 2.28. The fourth-order valence-corrected chi connectivity index (χ4v) is 2.07. The summed E-state index contributed by atoms with van der Waals surface area (Å²) in [6.45, 7) is -1.72. The molecule has 0 aliphatic rings. The first-order valence-electron chi connectivity index (χ1n) is 5.27. The standard InChI is InChI=1S/C12H12F4OS/c13-8-10(14)12(15,16)6-7-18-11(17)9-4-2-1-3-5-9/h1-5,10H,6-8H2. The van der Waals surface area contributed by atoms with Crippen molar-refractivity contribution in [1.29, 1.82) is 0 Å². The number of hydrogen-bond acceptors (Lipinski definition) is 2. The van der Waals surface area contributed by atoms with Crippen molar-refractivity contribution < 1.29 is 22.4 Å². The Bertz CT molecular complexity index is 383. The summed E-state index contributed by atoms with van der Waals surface area (Å²) in [6.07, 6.45) is -3.66. The molecule has 1 nitrogen and oxygen atoms in total. The van der Waals surface area contributed by atoms with Crippen LogP contribution in [0, 0.1) is 0 Å². The van der Waals surface area contributed by atoms with Crippen molar-refractivity contribution in [2.24, 2.45) is 0 Å². The normalized spacial score (nSPS) is 13.3. The van der Waals surface area contributed by atoms with E-state index in [9.17, 15) is 22.4 Å². The maximum absolute atomic E-state index is 12.9. The summed E-state index contributed by atoms with van der Waals surface area (Å²) < 4.78 is 50.2. The van der Waals surface area contributed by atoms with Crippen LogP contribution in [0.25, 0.3) is 0 Å². The van der Waals surface area contributed by atoms with Crippen LogP contribution in [0.3, 0.4) is 0 Å². The van der Waals surface area contributed by atoms with Gasteiger partial charge in [0.2, 0.25) is 5.12 Å². The van der Waals surface area contributed by atoms with Gasteiger partial charge in [-0.05, 0) is 0 Å². The second-order valence-electron chi connectivity index (χ2n) is 3.63. The highest BCUT2D eigenvalue weighted by Gasteiger charge is 2.39. The van der Waals surface area contributed by atoms with E-state index >= 15 is 0 Å². The Morgan fingerprint density at radius 2 is 1.89 bits per heavy atom. The monoisotopic (exact) mass is 280 g/mol. The number of benzene rings is 1. The van der Waals surface area contributed by atoms with Gasteiger partial charge in [0, 0.05) is 17.7 Å². The molecule has 0 saturated carbocycles. The number of halogens is 4. The van der Waals surface area contributed by atoms with E-state index in [0.717, 1.165) is 0 Å². The van der Waals surface area contributed by atoms with E-state index in [2.05, 4.69) is 0 Å². The van der Waals surface area contributed by atoms with E-state index in [0.29, 0.717) is 17.3 Å². The molecule has 0 heterocycles. The zero-order chi connectivity index (χ0) is 13.6. The molecule has 1 aromatic carbocycles. The molecule has 6 heteroatoms. The third-order valence-corrected chi connectivity index (χ3v) is 3.18. The summed E-state index contributed by atoms with van der Waals surface area (Å²) in [5, 5.41) is -0.359. The third kappa shape index (κ3) is 4.33. The number of hydrogen-bond donors (Lipinski definition) is 0. The second kappa shape index (κ2) is 6.78. The van der Waals surface area contributed by atoms with E-state index in [-0.39, 0.29) is 10.9 Å². The SMILES string of the molecule is O=C(SCCC(F)(F)C(F)CF)c1ccccc1. The van der Waals surface area contributed by atoms with Crippen LogP contribution < -0.4 is 0 Å². The number of rotatable bonds is 6. The number of carbonyl (C=O) groups excluding carboxylic acids is 1. The van der Waals surface area contributed by atoms with Gasteiger partial charge in [0.25, 0.3) is 5.92 Å². The highest BCUT2D eigenvalue weighted by atomic mass is 32.2. The third-order valence-electron chi connectivity index (χ3n) is 2.27. The van der Waals surface area contributed by atoms with Crippen LogP contribution >= 0.6 is 11.8 Å². The molecule has 0 aliphatic carbocycles. The fraction of sp³-hybridized carbons (Fsp3) is 0.417. The minimum absolute atomic E-state index is 0.249. The fourth-order valence-electron chi connectivity index (χ4n) is 1.21. The molecule has 1 unspecified atom stereocenters. The maximum atomic E-state index is 12.9. The van der Waals surface area contributed by atoms with E-state index in [4.69, 9.17) is 0 Å². The molecule has 0 N–H and O–H groups in total. The molecule has 0 bridgehead atoms. The molecule has 0 amide bonds. The topological polar surface area (TPSA) is 17.1 Å². The largest absolute Gasteiger partial charge is 0.282 e. The van der Waals surface area contributed by atoms with Gasteiger partial charge in [-0.2, -0.15) is 0 Å². The first kappa shape index (κ1) is 15.0. The zero-order valence-corrected chi connectivity index (χ0v) is 10.2. The van der Waals surface area contributed by atoms with Gasteiger partial charge < -0.3 is 0 Å². The van der Waals surface area contributed by atoms with E-state index in [1.165, 1.54) is 0 Å². The first-order valence-corrected chi connectivity index (χ1v) is 6.26. The Labute approximate surface area is 107 Å². The van der Waals surface area contributed by atoms with Crippen LogP contribution in [0.15, 0.2) is 30.3 Å². The van der Waals surface area contributed by atoms with Crippen molar-refractivity contribution in [3.63, 3.8) is 0 Å². The van der Waals surface area contributed by atoms with Crippen LogP contribution in [-0.4, -0.2) is 29.6 Å². The Kier molecular flexibility index (Phi) is 5.65. The first-order chi connectivity index (χ1) is 8.47. The van der Waals surface area contributed by atoms with Gasteiger partial charge >= 0.3 is 0 Å². The van der Waals surface area contributed by atoms with Crippen molar-refractivity contribution in [2.75, 3.05) is 12.4 Å². The van der Waals surface area contributed by atoms with Crippen molar-refractivity contribution >= 4 is 16.9 Å². The smallest absolute Gasteiger partial charge is 0.282 e. The van der Waals surface area contributed by atoms with Gasteiger partial charge in [0.05, 0.1) is 0 Å². The second-order valence-corrected chi connectivity index (χ2v) is 4.70. The maximum Gasteiger partial charge on any atom is 0.282 e. The summed E-state index contributed by atoms with van der Waals surface area (Å²) in [6, 6.07) is 8.16. The molecule has 0 aromatic heterocycles. The molecule has 0 fully saturated rings. The zero-order valence-electron chi connectivity index (χ0n) is 9.41. The Morgan fingerprint density at radius 1 is 1.28 bits per heavy atom. The minimum atomic E-state index is -3.72. The van der Waals surface area contributed by atoms with Crippen molar-refractivity contribution in [3.05, 3.63) is 35.9 Å². The van der Waals surface area contributed by atoms with Gasteiger partial charge in [-0.15, -0.1) is 0 Å². The molecule has 1 atom stereocenters. The van der Waals surface area contributed by atoms with E-state index in [1.807, 2.05) is 0 Å². The number of alkyl halides is 4. The average molecular weight is 280 g/mol. The van der Waals surface area contributed by atoms with Crippen molar-refractivity contribution in [2.45, 2.75) is 18.5 Å². The minimum Gasteiger partial charge on any atom is -0.282 e. The molecular weight excluding hydrogens is 268 g/mol. The molecule has 1 aromatic rings. The summed E-state index contributed by atoms with van der Waals surface area (Å²) in [5.74, 6) is -3.97. The summed E-state index contributed by atoms with van der Waals surface area (Å²) >= 11 is 0.676. The Morgan fingerprint density at radius 3 is 2.44 bits per heavy atom. The van der Waals surface area contributed by atoms with Gasteiger partial charge in [-0.25, -0.2) is 17.6 Å². The molecule has 1 rings (SSSR count). The number of thioether (sulfide) groups is 1. The van der Waals surface area contributed by atoms with Crippen LogP contribution in [-0.2, 0) is 0 Å². The molecule has 0 spiro atoms. The lowest BCUT2D eigenvalue weighted by Crippen LogP contribution is -2.32. The Hall–Kier alpha value is -1.04. The molecular formula is C12H12F4OS. The molecule has 0 aliphatic heterocycles. The van der Waals surface area contributed by atoms with Gasteiger partial charge in [-0.3, -0.25) is 4.79 Å². The van der Waals surface area contributed by atoms with E-state index in [1.54, 1.807) is 30.3 Å². The lowest BCUT2D eigenvalue weighted by atomic mass is 10.2. The molecule has 0 saturated heterocycles. The van der Waals surface area contributed by atoms with Crippen molar-refractivity contribution in [1.82, 2.24) is 0 Å².